The number of nitrogens with zero attached hydrogens (tertiary/aromatic N) is 2. The molecule has 20 heavy (non-hydrogen) atoms. The van der Waals surface area contributed by atoms with Crippen molar-refractivity contribution in [3.05, 3.63) is 60.0 Å². The number of hydrogen-bond acceptors (Lipinski definition) is 4. The van der Waals surface area contributed by atoms with E-state index in [9.17, 15) is 5.11 Å². The summed E-state index contributed by atoms with van der Waals surface area (Å²) in [4.78, 5) is 8.58. The summed E-state index contributed by atoms with van der Waals surface area (Å²) in [6, 6.07) is 13.2. The summed E-state index contributed by atoms with van der Waals surface area (Å²) >= 11 is 0. The summed E-state index contributed by atoms with van der Waals surface area (Å²) in [6.45, 7) is 1.78. The molecule has 0 amide bonds. The molecule has 1 N–H and O–H groups in total. The zero-order chi connectivity index (χ0) is 13.9. The van der Waals surface area contributed by atoms with Gasteiger partial charge in [-0.15, -0.1) is 0 Å². The normalized spacial score (nSPS) is 10.7. The quantitative estimate of drug-likeness (QED) is 0.790. The lowest BCUT2D eigenvalue weighted by Gasteiger charge is -2.11. The van der Waals surface area contributed by atoms with Gasteiger partial charge in [-0.05, 0) is 31.2 Å². The van der Waals surface area contributed by atoms with Gasteiger partial charge in [0.25, 0.3) is 0 Å². The van der Waals surface area contributed by atoms with Crippen LogP contribution in [0.5, 0.6) is 11.5 Å². The third-order valence-electron chi connectivity index (χ3n) is 3.07. The Kier molecular flexibility index (Phi) is 3.31. The van der Waals surface area contributed by atoms with Crippen LogP contribution >= 0.6 is 0 Å². The van der Waals surface area contributed by atoms with Gasteiger partial charge in [-0.25, -0.2) is 0 Å². The maximum Gasteiger partial charge on any atom is 0.148 e. The molecule has 3 rings (SSSR count). The highest BCUT2D eigenvalue weighted by Gasteiger charge is 2.09. The molecule has 2 aromatic heterocycles. The van der Waals surface area contributed by atoms with Crippen molar-refractivity contribution in [1.29, 1.82) is 0 Å². The number of aliphatic hydroxyl groups is 1. The van der Waals surface area contributed by atoms with Crippen LogP contribution < -0.4 is 4.74 Å². The van der Waals surface area contributed by atoms with E-state index in [2.05, 4.69) is 9.97 Å². The molecule has 0 spiro atoms. The first kappa shape index (κ1) is 12.6. The van der Waals surface area contributed by atoms with E-state index in [1.54, 1.807) is 12.3 Å². The van der Waals surface area contributed by atoms with Gasteiger partial charge in [-0.3, -0.25) is 9.97 Å². The summed E-state index contributed by atoms with van der Waals surface area (Å²) in [6.07, 6.45) is 1.73. The van der Waals surface area contributed by atoms with E-state index in [-0.39, 0.29) is 6.61 Å². The minimum absolute atomic E-state index is 0.118. The molecule has 0 aliphatic rings. The lowest BCUT2D eigenvalue weighted by atomic mass is 10.2. The van der Waals surface area contributed by atoms with Crippen LogP contribution in [0.25, 0.3) is 10.9 Å². The molecule has 1 aromatic carbocycles. The smallest absolute Gasteiger partial charge is 0.148 e. The van der Waals surface area contributed by atoms with Crippen molar-refractivity contribution in [3.8, 4) is 11.5 Å². The minimum Gasteiger partial charge on any atom is -0.455 e. The third-order valence-corrected chi connectivity index (χ3v) is 3.07. The average molecular weight is 266 g/mol. The molecular weight excluding hydrogens is 252 g/mol. The van der Waals surface area contributed by atoms with Crippen molar-refractivity contribution in [2.45, 2.75) is 13.5 Å². The van der Waals surface area contributed by atoms with Crippen molar-refractivity contribution >= 4 is 10.9 Å². The number of ether oxygens (including phenoxy) is 1. The number of pyridine rings is 2. The number of benzene rings is 1. The molecule has 0 unspecified atom stereocenters. The van der Waals surface area contributed by atoms with Gasteiger partial charge in [0.05, 0.1) is 23.5 Å². The molecule has 0 atom stereocenters. The average Bonchev–Trinajstić information content (AvgIpc) is 2.49. The van der Waals surface area contributed by atoms with Gasteiger partial charge in [-0.1, -0.05) is 12.1 Å². The predicted molar refractivity (Wildman–Crippen MR) is 76.7 cm³/mol. The number of fused-ring (bicyclic) bond motifs is 1. The van der Waals surface area contributed by atoms with Crippen molar-refractivity contribution in [2.24, 2.45) is 0 Å². The summed E-state index contributed by atoms with van der Waals surface area (Å²) in [5.41, 5.74) is 2.20. The molecular formula is C16H14N2O2. The lowest BCUT2D eigenvalue weighted by Crippen LogP contribution is -1.95. The van der Waals surface area contributed by atoms with Crippen molar-refractivity contribution in [2.75, 3.05) is 0 Å². The van der Waals surface area contributed by atoms with E-state index >= 15 is 0 Å². The van der Waals surface area contributed by atoms with Crippen LogP contribution in [0.4, 0.5) is 0 Å². The van der Waals surface area contributed by atoms with Crippen LogP contribution in [0, 0.1) is 6.92 Å². The monoisotopic (exact) mass is 266 g/mol. The summed E-state index contributed by atoms with van der Waals surface area (Å²) in [5.74, 6) is 1.38. The molecule has 100 valence electrons. The number of aromatic nitrogens is 2. The maximum atomic E-state index is 9.31. The van der Waals surface area contributed by atoms with Gasteiger partial charge < -0.3 is 9.84 Å². The van der Waals surface area contributed by atoms with Crippen LogP contribution in [0.1, 0.15) is 11.4 Å². The van der Waals surface area contributed by atoms with Crippen molar-refractivity contribution in [3.63, 3.8) is 0 Å². The van der Waals surface area contributed by atoms with E-state index in [0.717, 1.165) is 16.6 Å². The van der Waals surface area contributed by atoms with Crippen LogP contribution in [0.15, 0.2) is 48.7 Å². The Morgan fingerprint density at radius 3 is 2.75 bits per heavy atom. The fraction of sp³-hybridized carbons (Fsp3) is 0.125. The Balaban J connectivity index is 2.13. The molecule has 0 aliphatic carbocycles. The van der Waals surface area contributed by atoms with E-state index in [1.807, 2.05) is 43.3 Å². The molecule has 0 bridgehead atoms. The largest absolute Gasteiger partial charge is 0.455 e. The summed E-state index contributed by atoms with van der Waals surface area (Å²) in [7, 11) is 0. The molecule has 2 heterocycles. The minimum atomic E-state index is -0.118. The summed E-state index contributed by atoms with van der Waals surface area (Å²) < 4.78 is 5.95. The van der Waals surface area contributed by atoms with E-state index in [4.69, 9.17) is 4.74 Å². The van der Waals surface area contributed by atoms with Crippen molar-refractivity contribution < 1.29 is 9.84 Å². The number of hydrogen-bond donors (Lipinski definition) is 1. The first-order valence-corrected chi connectivity index (χ1v) is 6.37. The van der Waals surface area contributed by atoms with E-state index in [0.29, 0.717) is 17.2 Å². The van der Waals surface area contributed by atoms with Gasteiger partial charge in [0.2, 0.25) is 0 Å². The first-order chi connectivity index (χ1) is 9.78. The highest BCUT2D eigenvalue weighted by Crippen LogP contribution is 2.30. The van der Waals surface area contributed by atoms with Crippen LogP contribution in [-0.2, 0) is 6.61 Å². The molecule has 4 nitrogen and oxygen atoms in total. The van der Waals surface area contributed by atoms with E-state index < -0.39 is 0 Å². The van der Waals surface area contributed by atoms with Crippen molar-refractivity contribution in [1.82, 2.24) is 9.97 Å². The standard InChI is InChI=1S/C16H14N2O2/c1-11-15(7-4-8-17-11)20-16-9-12(10-19)18-14-6-3-2-5-13(14)16/h2-9,19H,10H2,1H3. The Morgan fingerprint density at radius 2 is 1.95 bits per heavy atom. The highest BCUT2D eigenvalue weighted by atomic mass is 16.5. The third kappa shape index (κ3) is 2.33. The molecule has 0 saturated carbocycles. The molecule has 0 fully saturated rings. The number of aryl methyl sites for hydroxylation is 1. The Hall–Kier alpha value is -2.46. The van der Waals surface area contributed by atoms with E-state index in [1.165, 1.54) is 0 Å². The first-order valence-electron chi connectivity index (χ1n) is 6.37. The SMILES string of the molecule is Cc1ncccc1Oc1cc(CO)nc2ccccc12. The number of rotatable bonds is 3. The Labute approximate surface area is 116 Å². The van der Waals surface area contributed by atoms with Gasteiger partial charge in [0.15, 0.2) is 0 Å². The zero-order valence-corrected chi connectivity index (χ0v) is 11.1. The maximum absolute atomic E-state index is 9.31. The molecule has 3 aromatic rings. The fourth-order valence-electron chi connectivity index (χ4n) is 2.06. The lowest BCUT2D eigenvalue weighted by molar-refractivity contribution is 0.276. The van der Waals surface area contributed by atoms with Gasteiger partial charge in [-0.2, -0.15) is 0 Å². The van der Waals surface area contributed by atoms with Gasteiger partial charge >= 0.3 is 0 Å². The summed E-state index contributed by atoms with van der Waals surface area (Å²) in [5, 5.41) is 10.2. The zero-order valence-electron chi connectivity index (χ0n) is 11.1. The second-order valence-electron chi connectivity index (χ2n) is 4.48. The molecule has 0 aliphatic heterocycles. The second-order valence-corrected chi connectivity index (χ2v) is 4.48. The van der Waals surface area contributed by atoms with Gasteiger partial charge in [0.1, 0.15) is 11.5 Å². The van der Waals surface area contributed by atoms with Gasteiger partial charge in [0, 0.05) is 17.6 Å². The topological polar surface area (TPSA) is 55.2 Å². The van der Waals surface area contributed by atoms with Crippen LogP contribution in [0.2, 0.25) is 0 Å². The van der Waals surface area contributed by atoms with Crippen LogP contribution in [0.3, 0.4) is 0 Å². The molecule has 0 saturated heterocycles. The Morgan fingerprint density at radius 1 is 1.10 bits per heavy atom. The molecule has 4 heteroatoms. The second kappa shape index (κ2) is 5.27. The highest BCUT2D eigenvalue weighted by molar-refractivity contribution is 5.85. The predicted octanol–water partition coefficient (Wildman–Crippen LogP) is 3.22. The molecule has 0 radical (unpaired) electrons. The van der Waals surface area contributed by atoms with Crippen LogP contribution in [-0.4, -0.2) is 15.1 Å². The number of aliphatic hydroxyl groups excluding tert-OH is 1. The number of para-hydroxylation sites is 1. The Bertz CT molecular complexity index is 756. The fourth-order valence-corrected chi connectivity index (χ4v) is 2.06.